The standard InChI is InChI=1S/C22H26FN3OS/c1-5-25(6-2)10-11-26(21(27)17-8-7-9-18(23)14-17)22-24-19-13-15(3)12-16(4)20(19)28-22/h7-9,12-14H,5-6,10-11H2,1-4H3. The van der Waals surface area contributed by atoms with Crippen molar-refractivity contribution < 1.29 is 9.18 Å². The van der Waals surface area contributed by atoms with Gasteiger partial charge < -0.3 is 4.90 Å². The van der Waals surface area contributed by atoms with Crippen molar-refractivity contribution in [2.24, 2.45) is 0 Å². The van der Waals surface area contributed by atoms with Crippen molar-refractivity contribution in [3.05, 3.63) is 58.9 Å². The van der Waals surface area contributed by atoms with Crippen LogP contribution in [-0.2, 0) is 0 Å². The number of carbonyl (C=O) groups is 1. The minimum absolute atomic E-state index is 0.222. The first-order valence-electron chi connectivity index (χ1n) is 9.60. The summed E-state index contributed by atoms with van der Waals surface area (Å²) < 4.78 is 14.8. The molecule has 28 heavy (non-hydrogen) atoms. The molecule has 6 heteroatoms. The number of carbonyl (C=O) groups excluding carboxylic acids is 1. The number of anilines is 1. The topological polar surface area (TPSA) is 36.4 Å². The van der Waals surface area contributed by atoms with Gasteiger partial charge in [-0.25, -0.2) is 9.37 Å². The Hall–Kier alpha value is -2.31. The summed E-state index contributed by atoms with van der Waals surface area (Å²) in [7, 11) is 0. The summed E-state index contributed by atoms with van der Waals surface area (Å²) in [5, 5.41) is 0.658. The Morgan fingerprint density at radius 1 is 1.11 bits per heavy atom. The molecule has 1 heterocycles. The van der Waals surface area contributed by atoms with Crippen molar-refractivity contribution in [1.82, 2.24) is 9.88 Å². The van der Waals surface area contributed by atoms with E-state index in [4.69, 9.17) is 4.98 Å². The van der Waals surface area contributed by atoms with E-state index in [1.54, 1.807) is 17.0 Å². The van der Waals surface area contributed by atoms with Crippen LogP contribution in [0.2, 0.25) is 0 Å². The van der Waals surface area contributed by atoms with Crippen LogP contribution in [0.25, 0.3) is 10.2 Å². The average molecular weight is 400 g/mol. The predicted octanol–water partition coefficient (Wildman–Crippen LogP) is 5.04. The van der Waals surface area contributed by atoms with E-state index < -0.39 is 5.82 Å². The first kappa shape index (κ1) is 20.4. The van der Waals surface area contributed by atoms with Crippen molar-refractivity contribution >= 4 is 32.6 Å². The normalized spacial score (nSPS) is 11.4. The van der Waals surface area contributed by atoms with Gasteiger partial charge in [0.05, 0.1) is 10.2 Å². The fourth-order valence-electron chi connectivity index (χ4n) is 3.32. The van der Waals surface area contributed by atoms with Gasteiger partial charge in [-0.1, -0.05) is 37.3 Å². The lowest BCUT2D eigenvalue weighted by Crippen LogP contribution is -2.38. The van der Waals surface area contributed by atoms with Crippen LogP contribution in [0.1, 0.15) is 35.3 Å². The Morgan fingerprint density at radius 2 is 1.86 bits per heavy atom. The van der Waals surface area contributed by atoms with Gasteiger partial charge in [-0.3, -0.25) is 9.69 Å². The highest BCUT2D eigenvalue weighted by atomic mass is 32.1. The molecule has 0 atom stereocenters. The maximum atomic E-state index is 13.7. The highest BCUT2D eigenvalue weighted by Gasteiger charge is 2.22. The molecule has 0 aliphatic heterocycles. The summed E-state index contributed by atoms with van der Waals surface area (Å²) in [4.78, 5) is 21.9. The Balaban J connectivity index is 2.00. The monoisotopic (exact) mass is 399 g/mol. The summed E-state index contributed by atoms with van der Waals surface area (Å²) in [6, 6.07) is 10.0. The van der Waals surface area contributed by atoms with Crippen LogP contribution in [0, 0.1) is 19.7 Å². The van der Waals surface area contributed by atoms with Gasteiger partial charge in [0.15, 0.2) is 5.13 Å². The predicted molar refractivity (Wildman–Crippen MR) is 115 cm³/mol. The molecule has 4 nitrogen and oxygen atoms in total. The van der Waals surface area contributed by atoms with Gasteiger partial charge in [0.2, 0.25) is 0 Å². The van der Waals surface area contributed by atoms with E-state index in [9.17, 15) is 9.18 Å². The third-order valence-electron chi connectivity index (χ3n) is 4.89. The zero-order valence-electron chi connectivity index (χ0n) is 16.8. The van der Waals surface area contributed by atoms with E-state index >= 15 is 0 Å². The molecule has 0 fully saturated rings. The van der Waals surface area contributed by atoms with Crippen molar-refractivity contribution in [2.45, 2.75) is 27.7 Å². The lowest BCUT2D eigenvalue weighted by Gasteiger charge is -2.24. The molecular weight excluding hydrogens is 373 g/mol. The number of halogens is 1. The lowest BCUT2D eigenvalue weighted by molar-refractivity contribution is 0.0983. The molecule has 2 aromatic carbocycles. The molecule has 3 rings (SSSR count). The van der Waals surface area contributed by atoms with Gasteiger partial charge in [-0.15, -0.1) is 0 Å². The smallest absolute Gasteiger partial charge is 0.260 e. The van der Waals surface area contributed by atoms with Gasteiger partial charge >= 0.3 is 0 Å². The summed E-state index contributed by atoms with van der Waals surface area (Å²) in [6.45, 7) is 11.4. The number of rotatable bonds is 7. The molecule has 0 bridgehead atoms. The van der Waals surface area contributed by atoms with E-state index in [1.807, 2.05) is 13.0 Å². The van der Waals surface area contributed by atoms with Crippen LogP contribution >= 0.6 is 11.3 Å². The molecule has 0 unspecified atom stereocenters. The Morgan fingerprint density at radius 3 is 2.54 bits per heavy atom. The summed E-state index contributed by atoms with van der Waals surface area (Å²) in [5.74, 6) is -0.634. The molecule has 0 spiro atoms. The Labute approximate surface area is 169 Å². The van der Waals surface area contributed by atoms with Crippen LogP contribution in [0.15, 0.2) is 36.4 Å². The average Bonchev–Trinajstić information content (AvgIpc) is 3.09. The molecule has 1 amide bonds. The number of aromatic nitrogens is 1. The van der Waals surface area contributed by atoms with Crippen LogP contribution < -0.4 is 4.90 Å². The van der Waals surface area contributed by atoms with Crippen molar-refractivity contribution in [1.29, 1.82) is 0 Å². The molecule has 0 aliphatic rings. The fourth-order valence-corrected chi connectivity index (χ4v) is 4.36. The van der Waals surface area contributed by atoms with Crippen LogP contribution in [0.4, 0.5) is 9.52 Å². The highest BCUT2D eigenvalue weighted by molar-refractivity contribution is 7.22. The molecule has 3 aromatic rings. The van der Waals surface area contributed by atoms with Gasteiger partial charge in [-0.05, 0) is 62.3 Å². The largest absolute Gasteiger partial charge is 0.302 e. The van der Waals surface area contributed by atoms with Gasteiger partial charge in [0, 0.05) is 18.7 Å². The third kappa shape index (κ3) is 4.39. The van der Waals surface area contributed by atoms with E-state index in [1.165, 1.54) is 23.5 Å². The fraction of sp³-hybridized carbons (Fsp3) is 0.364. The second-order valence-corrected chi connectivity index (χ2v) is 7.90. The number of hydrogen-bond donors (Lipinski definition) is 0. The number of aryl methyl sites for hydroxylation is 2. The molecular formula is C22H26FN3OS. The highest BCUT2D eigenvalue weighted by Crippen LogP contribution is 2.32. The molecule has 1 aromatic heterocycles. The maximum absolute atomic E-state index is 13.7. The first-order chi connectivity index (χ1) is 13.4. The zero-order valence-corrected chi connectivity index (χ0v) is 17.6. The summed E-state index contributed by atoms with van der Waals surface area (Å²) >= 11 is 1.52. The van der Waals surface area contributed by atoms with Crippen LogP contribution in [0.5, 0.6) is 0 Å². The summed E-state index contributed by atoms with van der Waals surface area (Å²) in [5.41, 5.74) is 3.54. The minimum Gasteiger partial charge on any atom is -0.302 e. The Kier molecular flexibility index (Phi) is 6.42. The second-order valence-electron chi connectivity index (χ2n) is 6.92. The van der Waals surface area contributed by atoms with E-state index in [2.05, 4.69) is 31.7 Å². The van der Waals surface area contributed by atoms with Crippen molar-refractivity contribution in [3.63, 3.8) is 0 Å². The van der Waals surface area contributed by atoms with Crippen molar-refractivity contribution in [3.8, 4) is 0 Å². The number of nitrogens with zero attached hydrogens (tertiary/aromatic N) is 3. The zero-order chi connectivity index (χ0) is 20.3. The lowest BCUT2D eigenvalue weighted by atomic mass is 10.1. The van der Waals surface area contributed by atoms with Gasteiger partial charge in [0.25, 0.3) is 5.91 Å². The quantitative estimate of drug-likeness (QED) is 0.558. The number of amides is 1. The van der Waals surface area contributed by atoms with Gasteiger partial charge in [-0.2, -0.15) is 0 Å². The second kappa shape index (κ2) is 8.80. The van der Waals surface area contributed by atoms with E-state index in [0.29, 0.717) is 17.2 Å². The van der Waals surface area contributed by atoms with Crippen LogP contribution in [0.3, 0.4) is 0 Å². The van der Waals surface area contributed by atoms with Crippen molar-refractivity contribution in [2.75, 3.05) is 31.1 Å². The third-order valence-corrected chi connectivity index (χ3v) is 6.12. The molecule has 0 saturated carbocycles. The molecule has 0 N–H and O–H groups in total. The molecule has 0 radical (unpaired) electrons. The van der Waals surface area contributed by atoms with E-state index in [0.717, 1.165) is 41.0 Å². The molecule has 0 saturated heterocycles. The maximum Gasteiger partial charge on any atom is 0.260 e. The number of thiazole rings is 1. The minimum atomic E-state index is -0.412. The SMILES string of the molecule is CCN(CC)CCN(C(=O)c1cccc(F)c1)c1nc2cc(C)cc(C)c2s1. The van der Waals surface area contributed by atoms with E-state index in [-0.39, 0.29) is 5.91 Å². The van der Waals surface area contributed by atoms with Crippen LogP contribution in [-0.4, -0.2) is 42.0 Å². The number of fused-ring (bicyclic) bond motifs is 1. The number of benzene rings is 2. The molecule has 148 valence electrons. The summed E-state index contributed by atoms with van der Waals surface area (Å²) in [6.07, 6.45) is 0. The first-order valence-corrected chi connectivity index (χ1v) is 10.4. The Bertz CT molecular complexity index is 981. The number of hydrogen-bond acceptors (Lipinski definition) is 4. The molecule has 0 aliphatic carbocycles. The van der Waals surface area contributed by atoms with Gasteiger partial charge in [0.1, 0.15) is 5.82 Å². The number of likely N-dealkylation sites (N-methyl/N-ethyl adjacent to an activating group) is 1.